The second kappa shape index (κ2) is 10.1. The van der Waals surface area contributed by atoms with Crippen molar-refractivity contribution in [3.8, 4) is 0 Å². The molecule has 2 aromatic rings. The summed E-state index contributed by atoms with van der Waals surface area (Å²) >= 11 is 0. The third kappa shape index (κ3) is 5.62. The number of alkyl carbamates (subject to hydrolysis) is 1. The lowest BCUT2D eigenvalue weighted by atomic mass is 10.0. The Morgan fingerprint density at radius 1 is 1.12 bits per heavy atom. The summed E-state index contributed by atoms with van der Waals surface area (Å²) in [4.78, 5) is 48.3. The molecule has 2 amide bonds. The first kappa shape index (κ1) is 23.6. The van der Waals surface area contributed by atoms with Crippen LogP contribution in [-0.2, 0) is 22.6 Å². The van der Waals surface area contributed by atoms with Crippen molar-refractivity contribution in [3.63, 3.8) is 0 Å². The van der Waals surface area contributed by atoms with E-state index in [1.54, 1.807) is 12.1 Å². The summed E-state index contributed by atoms with van der Waals surface area (Å²) in [5.41, 5.74) is 0.240. The molecule has 0 saturated heterocycles. The van der Waals surface area contributed by atoms with Crippen LogP contribution in [-0.4, -0.2) is 34.4 Å². The van der Waals surface area contributed by atoms with Crippen LogP contribution in [0.3, 0.4) is 0 Å². The quantitative estimate of drug-likeness (QED) is 0.470. The molecule has 11 nitrogen and oxygen atoms in total. The number of nitro benzene ring substituents is 2. The zero-order valence-electron chi connectivity index (χ0n) is 18.2. The predicted molar refractivity (Wildman–Crippen MR) is 119 cm³/mol. The van der Waals surface area contributed by atoms with Crippen molar-refractivity contribution in [1.29, 1.82) is 0 Å². The van der Waals surface area contributed by atoms with Gasteiger partial charge in [-0.1, -0.05) is 44.2 Å². The second-order valence-electron chi connectivity index (χ2n) is 8.11. The minimum Gasteiger partial charge on any atom is -0.445 e. The van der Waals surface area contributed by atoms with Gasteiger partial charge < -0.3 is 15.0 Å². The van der Waals surface area contributed by atoms with Crippen LogP contribution < -0.4 is 10.2 Å². The summed E-state index contributed by atoms with van der Waals surface area (Å²) in [6.07, 6.45) is -0.266. The highest BCUT2D eigenvalue weighted by Crippen LogP contribution is 2.40. The van der Waals surface area contributed by atoms with Crippen LogP contribution in [0.4, 0.5) is 21.9 Å². The van der Waals surface area contributed by atoms with Crippen molar-refractivity contribution in [2.24, 2.45) is 5.92 Å². The number of benzene rings is 2. The largest absolute Gasteiger partial charge is 0.445 e. The van der Waals surface area contributed by atoms with Crippen molar-refractivity contribution in [2.75, 3.05) is 11.4 Å². The van der Waals surface area contributed by atoms with Gasteiger partial charge in [-0.15, -0.1) is 0 Å². The summed E-state index contributed by atoms with van der Waals surface area (Å²) in [5, 5.41) is 25.3. The Morgan fingerprint density at radius 2 is 1.82 bits per heavy atom. The molecule has 0 aromatic heterocycles. The number of hydrogen-bond acceptors (Lipinski definition) is 7. The lowest BCUT2D eigenvalue weighted by Crippen LogP contribution is -2.49. The molecular weight excluding hydrogens is 432 g/mol. The first-order valence-electron chi connectivity index (χ1n) is 10.4. The van der Waals surface area contributed by atoms with Gasteiger partial charge in [-0.25, -0.2) is 4.79 Å². The van der Waals surface area contributed by atoms with Crippen molar-refractivity contribution in [1.82, 2.24) is 5.32 Å². The molecule has 0 bridgehead atoms. The monoisotopic (exact) mass is 456 g/mol. The molecule has 0 saturated carbocycles. The number of anilines is 1. The lowest BCUT2D eigenvalue weighted by molar-refractivity contribution is -0.393. The molecule has 174 valence electrons. The summed E-state index contributed by atoms with van der Waals surface area (Å²) in [6.45, 7) is 3.89. The topological polar surface area (TPSA) is 145 Å². The van der Waals surface area contributed by atoms with Crippen LogP contribution in [0.1, 0.15) is 31.4 Å². The number of nitrogens with one attached hydrogen (secondary N) is 1. The molecule has 0 fully saturated rings. The van der Waals surface area contributed by atoms with Crippen LogP contribution in [0.25, 0.3) is 0 Å². The van der Waals surface area contributed by atoms with Crippen molar-refractivity contribution in [2.45, 2.75) is 39.3 Å². The fourth-order valence-electron chi connectivity index (χ4n) is 3.76. The molecule has 1 heterocycles. The zero-order chi connectivity index (χ0) is 24.1. The minimum atomic E-state index is -0.978. The van der Waals surface area contributed by atoms with Gasteiger partial charge in [0.05, 0.1) is 15.9 Å². The van der Waals surface area contributed by atoms with Crippen molar-refractivity contribution >= 4 is 29.1 Å². The lowest BCUT2D eigenvalue weighted by Gasteiger charge is -2.25. The van der Waals surface area contributed by atoms with Crippen molar-refractivity contribution in [3.05, 3.63) is 73.8 Å². The van der Waals surface area contributed by atoms with Gasteiger partial charge in [0.1, 0.15) is 18.3 Å². The fraction of sp³-hybridized carbons (Fsp3) is 0.364. The normalized spacial score (nSPS) is 13.4. The maximum Gasteiger partial charge on any atom is 0.408 e. The Morgan fingerprint density at radius 3 is 2.42 bits per heavy atom. The van der Waals surface area contributed by atoms with E-state index in [4.69, 9.17) is 4.74 Å². The van der Waals surface area contributed by atoms with Crippen LogP contribution in [0.15, 0.2) is 42.5 Å². The molecule has 0 unspecified atom stereocenters. The second-order valence-corrected chi connectivity index (χ2v) is 8.11. The Hall–Kier alpha value is -4.02. The Labute approximate surface area is 189 Å². The number of non-ortho nitro benzene ring substituents is 1. The Bertz CT molecular complexity index is 1070. The highest BCUT2D eigenvalue weighted by Gasteiger charge is 2.38. The van der Waals surface area contributed by atoms with E-state index >= 15 is 0 Å². The summed E-state index contributed by atoms with van der Waals surface area (Å²) in [7, 11) is 0. The summed E-state index contributed by atoms with van der Waals surface area (Å²) in [5.74, 6) is -0.502. The maximum atomic E-state index is 13.3. The first-order chi connectivity index (χ1) is 15.7. The predicted octanol–water partition coefficient (Wildman–Crippen LogP) is 3.73. The van der Waals surface area contributed by atoms with Gasteiger partial charge in [0.25, 0.3) is 11.4 Å². The number of ether oxygens (including phenoxy) is 1. The van der Waals surface area contributed by atoms with E-state index in [0.717, 1.165) is 11.6 Å². The Balaban J connectivity index is 1.81. The first-order valence-corrected chi connectivity index (χ1v) is 10.4. The number of fused-ring (bicyclic) bond motifs is 1. The molecule has 11 heteroatoms. The molecule has 3 rings (SSSR count). The van der Waals surface area contributed by atoms with E-state index in [2.05, 4.69) is 5.32 Å². The molecule has 1 N–H and O–H groups in total. The number of rotatable bonds is 8. The molecule has 0 spiro atoms. The van der Waals surface area contributed by atoms with E-state index in [9.17, 15) is 29.8 Å². The molecule has 2 aromatic carbocycles. The highest BCUT2D eigenvalue weighted by atomic mass is 16.6. The maximum absolute atomic E-state index is 13.3. The Kier molecular flexibility index (Phi) is 7.21. The fourth-order valence-corrected chi connectivity index (χ4v) is 3.76. The van der Waals surface area contributed by atoms with Gasteiger partial charge in [0.2, 0.25) is 5.91 Å². The summed E-state index contributed by atoms with van der Waals surface area (Å²) < 4.78 is 5.22. The van der Waals surface area contributed by atoms with Crippen LogP contribution >= 0.6 is 0 Å². The zero-order valence-corrected chi connectivity index (χ0v) is 18.2. The van der Waals surface area contributed by atoms with Crippen LogP contribution in [0.2, 0.25) is 0 Å². The van der Waals surface area contributed by atoms with Gasteiger partial charge >= 0.3 is 6.09 Å². The van der Waals surface area contributed by atoms with E-state index < -0.39 is 39.3 Å². The van der Waals surface area contributed by atoms with Gasteiger partial charge in [-0.3, -0.25) is 25.0 Å². The minimum absolute atomic E-state index is 0.0248. The number of carbonyl (C=O) groups is 2. The third-order valence-corrected chi connectivity index (χ3v) is 5.21. The molecule has 1 aliphatic rings. The molecular formula is C22H24N4O7. The standard InChI is InChI=1S/C22H24N4O7/c1-14(2)10-18(23-22(28)33-13-15-6-4-3-5-7-15)21(27)24-9-8-16-11-17(25(29)30)12-19(20(16)24)26(31)32/h3-7,11-12,14,18H,8-10,13H2,1-2H3,(H,23,28)/t18-/m0/s1. The average molecular weight is 456 g/mol. The van der Waals surface area contributed by atoms with Gasteiger partial charge in [-0.2, -0.15) is 0 Å². The van der Waals surface area contributed by atoms with E-state index in [1.165, 1.54) is 11.0 Å². The third-order valence-electron chi connectivity index (χ3n) is 5.21. The number of nitro groups is 2. The number of hydrogen-bond donors (Lipinski definition) is 1. The highest BCUT2D eigenvalue weighted by molar-refractivity contribution is 6.02. The smallest absolute Gasteiger partial charge is 0.408 e. The molecule has 0 aliphatic carbocycles. The van der Waals surface area contributed by atoms with Gasteiger partial charge in [0, 0.05) is 12.6 Å². The molecule has 33 heavy (non-hydrogen) atoms. The number of amides is 2. The molecule has 0 radical (unpaired) electrons. The van der Waals surface area contributed by atoms with Crippen LogP contribution in [0, 0.1) is 26.1 Å². The molecule has 1 aliphatic heterocycles. The number of nitrogens with zero attached hydrogens (tertiary/aromatic N) is 3. The molecule has 1 atom stereocenters. The van der Waals surface area contributed by atoms with Gasteiger partial charge in [0.15, 0.2) is 0 Å². The van der Waals surface area contributed by atoms with Crippen molar-refractivity contribution < 1.29 is 24.2 Å². The average Bonchev–Trinajstić information content (AvgIpc) is 3.20. The summed E-state index contributed by atoms with van der Waals surface area (Å²) in [6, 6.07) is 10.2. The van der Waals surface area contributed by atoms with Gasteiger partial charge in [-0.05, 0) is 29.9 Å². The van der Waals surface area contributed by atoms with E-state index in [0.29, 0.717) is 5.56 Å². The van der Waals surface area contributed by atoms with E-state index in [1.807, 2.05) is 32.0 Å². The number of carbonyl (C=O) groups excluding carboxylic acids is 2. The SMILES string of the molecule is CC(C)C[C@H](NC(=O)OCc1ccccc1)C(=O)N1CCc2cc([N+](=O)[O-])cc([N+](=O)[O-])c21. The van der Waals surface area contributed by atoms with Crippen LogP contribution in [0.5, 0.6) is 0 Å². The van der Waals surface area contributed by atoms with E-state index in [-0.39, 0.29) is 37.6 Å².